The van der Waals surface area contributed by atoms with Gasteiger partial charge in [0.05, 0.1) is 6.42 Å². The molecule has 1 heterocycles. The Morgan fingerprint density at radius 2 is 1.61 bits per heavy atom. The van der Waals surface area contributed by atoms with Crippen molar-refractivity contribution < 1.29 is 9.59 Å². The highest BCUT2D eigenvalue weighted by atomic mass is 32.1. The van der Waals surface area contributed by atoms with Crippen LogP contribution >= 0.6 is 11.3 Å². The molecule has 1 fully saturated rings. The highest BCUT2D eigenvalue weighted by Gasteiger charge is 2.33. The standard InChI is InChI=1S/C26H28N2O2S/c29-24(18-23-16-9-17-31-23)28(19-20-10-3-1-4-11-20)25(21-12-5-2-6-13-21)26(30)27-22-14-7-8-15-22/h1-6,9-13,16-17,22,25H,7-8,14-15,18-19H2,(H,27,30)/t25-/m0/s1. The van der Waals surface area contributed by atoms with Gasteiger partial charge in [-0.1, -0.05) is 79.6 Å². The molecule has 3 aromatic rings. The second kappa shape index (κ2) is 10.4. The van der Waals surface area contributed by atoms with Gasteiger partial charge in [0.15, 0.2) is 0 Å². The molecule has 4 rings (SSSR count). The van der Waals surface area contributed by atoms with E-state index in [0.717, 1.165) is 41.7 Å². The molecule has 2 aromatic carbocycles. The van der Waals surface area contributed by atoms with Gasteiger partial charge in [-0.2, -0.15) is 0 Å². The molecule has 4 nitrogen and oxygen atoms in total. The van der Waals surface area contributed by atoms with Crippen molar-refractivity contribution >= 4 is 23.2 Å². The third kappa shape index (κ3) is 5.61. The fourth-order valence-electron chi connectivity index (χ4n) is 4.23. The lowest BCUT2D eigenvalue weighted by atomic mass is 10.0. The molecular formula is C26H28N2O2S. The Kier molecular flexibility index (Phi) is 7.15. The molecule has 0 radical (unpaired) electrons. The quantitative estimate of drug-likeness (QED) is 0.537. The van der Waals surface area contributed by atoms with Crippen molar-refractivity contribution in [2.75, 3.05) is 0 Å². The summed E-state index contributed by atoms with van der Waals surface area (Å²) >= 11 is 1.57. The van der Waals surface area contributed by atoms with Crippen LogP contribution < -0.4 is 5.32 Å². The first-order chi connectivity index (χ1) is 15.2. The van der Waals surface area contributed by atoms with Gasteiger partial charge in [0.1, 0.15) is 6.04 Å². The summed E-state index contributed by atoms with van der Waals surface area (Å²) in [7, 11) is 0. The Morgan fingerprint density at radius 1 is 0.935 bits per heavy atom. The minimum absolute atomic E-state index is 0.0401. The van der Waals surface area contributed by atoms with Crippen molar-refractivity contribution in [3.05, 3.63) is 94.2 Å². The minimum atomic E-state index is -0.658. The van der Waals surface area contributed by atoms with Crippen LogP contribution in [0.4, 0.5) is 0 Å². The summed E-state index contributed by atoms with van der Waals surface area (Å²) < 4.78 is 0. The number of benzene rings is 2. The van der Waals surface area contributed by atoms with Crippen LogP contribution in [0.5, 0.6) is 0 Å². The molecule has 0 aliphatic heterocycles. The summed E-state index contributed by atoms with van der Waals surface area (Å²) in [6.45, 7) is 0.392. The highest BCUT2D eigenvalue weighted by Crippen LogP contribution is 2.27. The summed E-state index contributed by atoms with van der Waals surface area (Å²) in [5.74, 6) is -0.129. The molecule has 1 atom stereocenters. The van der Waals surface area contributed by atoms with Crippen molar-refractivity contribution in [2.24, 2.45) is 0 Å². The molecule has 0 spiro atoms. The zero-order valence-corrected chi connectivity index (χ0v) is 18.4. The SMILES string of the molecule is O=C(NC1CCCC1)[C@H](c1ccccc1)N(Cc1ccccc1)C(=O)Cc1cccs1. The van der Waals surface area contributed by atoms with Crippen molar-refractivity contribution in [3.63, 3.8) is 0 Å². The number of amides is 2. The lowest BCUT2D eigenvalue weighted by Gasteiger charge is -2.32. The molecular weight excluding hydrogens is 404 g/mol. The number of rotatable bonds is 8. The topological polar surface area (TPSA) is 49.4 Å². The van der Waals surface area contributed by atoms with Gasteiger partial charge in [-0.15, -0.1) is 11.3 Å². The first-order valence-electron chi connectivity index (χ1n) is 10.9. The molecule has 1 aliphatic carbocycles. The molecule has 0 bridgehead atoms. The number of nitrogens with one attached hydrogen (secondary N) is 1. The van der Waals surface area contributed by atoms with Crippen molar-refractivity contribution in [2.45, 2.75) is 50.7 Å². The molecule has 1 aromatic heterocycles. The Balaban J connectivity index is 1.66. The third-order valence-electron chi connectivity index (χ3n) is 5.80. The van der Waals surface area contributed by atoms with E-state index in [-0.39, 0.29) is 17.9 Å². The summed E-state index contributed by atoms with van der Waals surface area (Å²) in [5, 5.41) is 5.21. The van der Waals surface area contributed by atoms with Gasteiger partial charge in [0.2, 0.25) is 11.8 Å². The molecule has 31 heavy (non-hydrogen) atoms. The van der Waals surface area contributed by atoms with Gasteiger partial charge in [0.25, 0.3) is 0 Å². The van der Waals surface area contributed by atoms with E-state index in [2.05, 4.69) is 5.32 Å². The number of carbonyl (C=O) groups is 2. The largest absolute Gasteiger partial charge is 0.351 e. The van der Waals surface area contributed by atoms with Gasteiger partial charge >= 0.3 is 0 Å². The molecule has 1 saturated carbocycles. The van der Waals surface area contributed by atoms with Crippen LogP contribution in [0.2, 0.25) is 0 Å². The first kappa shape index (κ1) is 21.3. The molecule has 5 heteroatoms. The van der Waals surface area contributed by atoms with E-state index in [9.17, 15) is 9.59 Å². The van der Waals surface area contributed by atoms with Crippen LogP contribution in [0.3, 0.4) is 0 Å². The van der Waals surface area contributed by atoms with Crippen LogP contribution in [-0.4, -0.2) is 22.8 Å². The monoisotopic (exact) mass is 432 g/mol. The Hall–Kier alpha value is -2.92. The Bertz CT molecular complexity index is 967. The lowest BCUT2D eigenvalue weighted by molar-refractivity contribution is -0.141. The van der Waals surface area contributed by atoms with Crippen molar-refractivity contribution in [3.8, 4) is 0 Å². The maximum Gasteiger partial charge on any atom is 0.247 e. The number of hydrogen-bond donors (Lipinski definition) is 1. The van der Waals surface area contributed by atoms with Crippen LogP contribution in [0.1, 0.15) is 47.7 Å². The molecule has 1 N–H and O–H groups in total. The lowest BCUT2D eigenvalue weighted by Crippen LogP contribution is -2.46. The van der Waals surface area contributed by atoms with E-state index in [1.807, 2.05) is 78.2 Å². The summed E-state index contributed by atoms with van der Waals surface area (Å²) in [5.41, 5.74) is 1.85. The Labute approximate surface area is 187 Å². The normalized spacial score (nSPS) is 14.8. The molecule has 0 saturated heterocycles. The van der Waals surface area contributed by atoms with Crippen LogP contribution in [0.15, 0.2) is 78.2 Å². The third-order valence-corrected chi connectivity index (χ3v) is 6.67. The van der Waals surface area contributed by atoms with Crippen LogP contribution in [-0.2, 0) is 22.6 Å². The number of carbonyl (C=O) groups excluding carboxylic acids is 2. The van der Waals surface area contributed by atoms with Gasteiger partial charge in [-0.3, -0.25) is 9.59 Å². The second-order valence-corrected chi connectivity index (χ2v) is 9.10. The fraction of sp³-hybridized carbons (Fsp3) is 0.308. The molecule has 2 amide bonds. The van der Waals surface area contributed by atoms with Crippen molar-refractivity contribution in [1.82, 2.24) is 10.2 Å². The number of nitrogens with zero attached hydrogens (tertiary/aromatic N) is 1. The highest BCUT2D eigenvalue weighted by molar-refractivity contribution is 7.10. The minimum Gasteiger partial charge on any atom is -0.351 e. The number of thiophene rings is 1. The molecule has 1 aliphatic rings. The van der Waals surface area contributed by atoms with E-state index >= 15 is 0 Å². The maximum atomic E-state index is 13.5. The number of hydrogen-bond acceptors (Lipinski definition) is 3. The van der Waals surface area contributed by atoms with Gasteiger partial charge < -0.3 is 10.2 Å². The predicted molar refractivity (Wildman–Crippen MR) is 125 cm³/mol. The smallest absolute Gasteiger partial charge is 0.247 e. The van der Waals surface area contributed by atoms with Gasteiger partial charge in [-0.25, -0.2) is 0 Å². The van der Waals surface area contributed by atoms with Gasteiger partial charge in [0, 0.05) is 17.5 Å². The second-order valence-electron chi connectivity index (χ2n) is 8.07. The zero-order valence-electron chi connectivity index (χ0n) is 17.6. The van der Waals surface area contributed by atoms with E-state index in [1.54, 1.807) is 16.2 Å². The van der Waals surface area contributed by atoms with Gasteiger partial charge in [-0.05, 0) is 35.4 Å². The van der Waals surface area contributed by atoms with E-state index in [0.29, 0.717) is 13.0 Å². The summed E-state index contributed by atoms with van der Waals surface area (Å²) in [6, 6.07) is 23.0. The summed E-state index contributed by atoms with van der Waals surface area (Å²) in [6.07, 6.45) is 4.60. The van der Waals surface area contributed by atoms with Crippen LogP contribution in [0.25, 0.3) is 0 Å². The Morgan fingerprint density at radius 3 is 2.26 bits per heavy atom. The first-order valence-corrected chi connectivity index (χ1v) is 11.8. The van der Waals surface area contributed by atoms with E-state index < -0.39 is 6.04 Å². The average molecular weight is 433 g/mol. The van der Waals surface area contributed by atoms with E-state index in [4.69, 9.17) is 0 Å². The summed E-state index contributed by atoms with van der Waals surface area (Å²) in [4.78, 5) is 29.8. The molecule has 0 unspecified atom stereocenters. The maximum absolute atomic E-state index is 13.5. The van der Waals surface area contributed by atoms with E-state index in [1.165, 1.54) is 0 Å². The molecule has 160 valence electrons. The average Bonchev–Trinajstić information content (AvgIpc) is 3.49. The zero-order chi connectivity index (χ0) is 21.5. The van der Waals surface area contributed by atoms with Crippen LogP contribution in [0, 0.1) is 0 Å². The van der Waals surface area contributed by atoms with Crippen molar-refractivity contribution in [1.29, 1.82) is 0 Å². The predicted octanol–water partition coefficient (Wildman–Crippen LogP) is 5.12. The fourth-order valence-corrected chi connectivity index (χ4v) is 4.92.